The normalized spacial score (nSPS) is 16.3. The van der Waals surface area contributed by atoms with Crippen LogP contribution < -0.4 is 5.73 Å². The average Bonchev–Trinajstić information content (AvgIpc) is 3.00. The molecule has 1 aromatic rings. The van der Waals surface area contributed by atoms with Crippen LogP contribution in [0.1, 0.15) is 9.67 Å². The second-order valence-electron chi connectivity index (χ2n) is 4.66. The van der Waals surface area contributed by atoms with Crippen LogP contribution >= 0.6 is 23.7 Å². The van der Waals surface area contributed by atoms with Crippen LogP contribution in [0.2, 0.25) is 0 Å². The van der Waals surface area contributed by atoms with Gasteiger partial charge in [-0.25, -0.2) is 0 Å². The van der Waals surface area contributed by atoms with Crippen LogP contribution in [0.4, 0.5) is 0 Å². The fraction of sp³-hybridized carbons (Fsp3) is 0.538. The van der Waals surface area contributed by atoms with E-state index in [4.69, 9.17) is 10.5 Å². The number of hydrogen-bond donors (Lipinski definition) is 1. The Labute approximate surface area is 134 Å². The average molecular weight is 334 g/mol. The minimum atomic E-state index is -0.625. The molecule has 8 heteroatoms. The molecular weight excluding hydrogens is 314 g/mol. The first-order chi connectivity index (χ1) is 9.63. The van der Waals surface area contributed by atoms with Crippen molar-refractivity contribution < 1.29 is 14.3 Å². The zero-order valence-corrected chi connectivity index (χ0v) is 13.5. The van der Waals surface area contributed by atoms with Crippen molar-refractivity contribution in [2.45, 2.75) is 6.04 Å². The Kier molecular flexibility index (Phi) is 7.10. The Morgan fingerprint density at radius 2 is 1.95 bits per heavy atom. The molecule has 0 saturated carbocycles. The van der Waals surface area contributed by atoms with E-state index in [1.165, 1.54) is 18.4 Å². The summed E-state index contributed by atoms with van der Waals surface area (Å²) in [5.74, 6) is -0.0802. The van der Waals surface area contributed by atoms with Crippen molar-refractivity contribution in [2.75, 3.05) is 39.9 Å². The third kappa shape index (κ3) is 4.41. The van der Waals surface area contributed by atoms with Crippen LogP contribution in [0.5, 0.6) is 0 Å². The van der Waals surface area contributed by atoms with Crippen LogP contribution in [0, 0.1) is 0 Å². The van der Waals surface area contributed by atoms with Gasteiger partial charge < -0.3 is 20.3 Å². The Hall–Kier alpha value is -1.15. The van der Waals surface area contributed by atoms with Gasteiger partial charge in [-0.05, 0) is 11.4 Å². The maximum atomic E-state index is 12.2. The molecule has 1 fully saturated rings. The highest BCUT2D eigenvalue weighted by Gasteiger charge is 2.27. The summed E-state index contributed by atoms with van der Waals surface area (Å²) < 4.78 is 4.89. The lowest BCUT2D eigenvalue weighted by Crippen LogP contribution is -2.55. The molecule has 1 unspecified atom stereocenters. The van der Waals surface area contributed by atoms with Crippen molar-refractivity contribution in [3.8, 4) is 0 Å². The molecule has 1 aliphatic rings. The number of piperazine rings is 1. The van der Waals surface area contributed by atoms with Gasteiger partial charge in [0, 0.05) is 33.3 Å². The molecule has 21 heavy (non-hydrogen) atoms. The molecule has 1 atom stereocenters. The quantitative estimate of drug-likeness (QED) is 0.867. The van der Waals surface area contributed by atoms with Crippen LogP contribution in [0.25, 0.3) is 0 Å². The lowest BCUT2D eigenvalue weighted by Gasteiger charge is -2.35. The number of nitrogens with two attached hydrogens (primary N) is 1. The summed E-state index contributed by atoms with van der Waals surface area (Å²) in [6.45, 7) is 2.35. The van der Waals surface area contributed by atoms with Gasteiger partial charge in [-0.15, -0.1) is 23.7 Å². The minimum Gasteiger partial charge on any atom is -0.383 e. The van der Waals surface area contributed by atoms with Gasteiger partial charge in [-0.3, -0.25) is 9.59 Å². The number of thiophene rings is 1. The third-order valence-corrected chi connectivity index (χ3v) is 4.13. The van der Waals surface area contributed by atoms with Crippen LogP contribution in [0.15, 0.2) is 17.5 Å². The minimum absolute atomic E-state index is 0. The van der Waals surface area contributed by atoms with E-state index in [1.54, 1.807) is 9.80 Å². The van der Waals surface area contributed by atoms with E-state index in [1.807, 2.05) is 17.5 Å². The fourth-order valence-corrected chi connectivity index (χ4v) is 2.86. The number of halogens is 1. The molecule has 0 aliphatic carbocycles. The Morgan fingerprint density at radius 3 is 2.48 bits per heavy atom. The van der Waals surface area contributed by atoms with Crippen LogP contribution in [0.3, 0.4) is 0 Å². The van der Waals surface area contributed by atoms with Gasteiger partial charge in [0.25, 0.3) is 5.91 Å². The predicted octanol–water partition coefficient (Wildman–Crippen LogP) is 0.428. The summed E-state index contributed by atoms with van der Waals surface area (Å²) in [6.07, 6.45) is 0. The SMILES string of the molecule is COCC(N)C(=O)N1CCN(C(=O)c2cccs2)CC1.Cl. The zero-order valence-electron chi connectivity index (χ0n) is 11.9. The van der Waals surface area contributed by atoms with Crippen molar-refractivity contribution in [1.82, 2.24) is 9.80 Å². The van der Waals surface area contributed by atoms with Gasteiger partial charge in [0.05, 0.1) is 11.5 Å². The second-order valence-corrected chi connectivity index (χ2v) is 5.60. The van der Waals surface area contributed by atoms with E-state index < -0.39 is 6.04 Å². The van der Waals surface area contributed by atoms with E-state index in [9.17, 15) is 9.59 Å². The Bertz CT molecular complexity index is 461. The van der Waals surface area contributed by atoms with E-state index >= 15 is 0 Å². The molecule has 0 radical (unpaired) electrons. The highest BCUT2D eigenvalue weighted by molar-refractivity contribution is 7.12. The number of nitrogens with zero attached hydrogens (tertiary/aromatic N) is 2. The van der Waals surface area contributed by atoms with Gasteiger partial charge in [0.15, 0.2) is 0 Å². The van der Waals surface area contributed by atoms with Crippen LogP contribution in [-0.4, -0.2) is 67.6 Å². The molecule has 1 aliphatic heterocycles. The van der Waals surface area contributed by atoms with Gasteiger partial charge in [0.1, 0.15) is 6.04 Å². The van der Waals surface area contributed by atoms with E-state index in [2.05, 4.69) is 0 Å². The number of ether oxygens (including phenoxy) is 1. The lowest BCUT2D eigenvalue weighted by molar-refractivity contribution is -0.135. The summed E-state index contributed by atoms with van der Waals surface area (Å²) in [7, 11) is 1.52. The summed E-state index contributed by atoms with van der Waals surface area (Å²) in [5, 5.41) is 1.89. The number of carbonyl (C=O) groups is 2. The number of carbonyl (C=O) groups excluding carboxylic acids is 2. The van der Waals surface area contributed by atoms with Crippen molar-refractivity contribution in [1.29, 1.82) is 0 Å². The smallest absolute Gasteiger partial charge is 0.264 e. The topological polar surface area (TPSA) is 75.9 Å². The number of methoxy groups -OCH3 is 1. The van der Waals surface area contributed by atoms with Crippen LogP contribution in [-0.2, 0) is 9.53 Å². The highest BCUT2D eigenvalue weighted by atomic mass is 35.5. The molecule has 6 nitrogen and oxygen atoms in total. The predicted molar refractivity (Wildman–Crippen MR) is 83.9 cm³/mol. The van der Waals surface area contributed by atoms with Gasteiger partial charge in [-0.1, -0.05) is 6.07 Å². The van der Waals surface area contributed by atoms with E-state index in [0.29, 0.717) is 26.2 Å². The van der Waals surface area contributed by atoms with Crippen molar-refractivity contribution in [3.05, 3.63) is 22.4 Å². The molecule has 0 bridgehead atoms. The fourth-order valence-electron chi connectivity index (χ4n) is 2.17. The molecule has 2 N–H and O–H groups in total. The monoisotopic (exact) mass is 333 g/mol. The summed E-state index contributed by atoms with van der Waals surface area (Å²) in [4.78, 5) is 28.4. The first kappa shape index (κ1) is 17.9. The van der Waals surface area contributed by atoms with Gasteiger partial charge >= 0.3 is 0 Å². The summed E-state index contributed by atoms with van der Waals surface area (Å²) >= 11 is 1.43. The zero-order chi connectivity index (χ0) is 14.5. The first-order valence-corrected chi connectivity index (χ1v) is 7.37. The molecule has 2 heterocycles. The molecule has 118 valence electrons. The molecule has 0 aromatic carbocycles. The van der Waals surface area contributed by atoms with Crippen molar-refractivity contribution in [2.24, 2.45) is 5.73 Å². The maximum Gasteiger partial charge on any atom is 0.264 e. The van der Waals surface area contributed by atoms with Gasteiger partial charge in [-0.2, -0.15) is 0 Å². The molecule has 2 rings (SSSR count). The Balaban J connectivity index is 0.00000220. The number of amides is 2. The van der Waals surface area contributed by atoms with Gasteiger partial charge in [0.2, 0.25) is 5.91 Å². The molecule has 0 spiro atoms. The Morgan fingerprint density at radius 1 is 1.33 bits per heavy atom. The molecule has 1 saturated heterocycles. The van der Waals surface area contributed by atoms with Crippen molar-refractivity contribution >= 4 is 35.6 Å². The third-order valence-electron chi connectivity index (χ3n) is 3.27. The largest absolute Gasteiger partial charge is 0.383 e. The van der Waals surface area contributed by atoms with E-state index in [-0.39, 0.29) is 30.8 Å². The second kappa shape index (κ2) is 8.33. The summed E-state index contributed by atoms with van der Waals surface area (Å²) in [5.41, 5.74) is 5.74. The molecule has 1 aromatic heterocycles. The first-order valence-electron chi connectivity index (χ1n) is 6.49. The maximum absolute atomic E-state index is 12.2. The van der Waals surface area contributed by atoms with Crippen molar-refractivity contribution in [3.63, 3.8) is 0 Å². The highest BCUT2D eigenvalue weighted by Crippen LogP contribution is 2.14. The van der Waals surface area contributed by atoms with E-state index in [0.717, 1.165) is 4.88 Å². The lowest BCUT2D eigenvalue weighted by atomic mass is 10.2. The number of hydrogen-bond acceptors (Lipinski definition) is 5. The summed E-state index contributed by atoms with van der Waals surface area (Å²) in [6, 6.07) is 3.06. The molecular formula is C13H20ClN3O3S. The number of rotatable bonds is 4. The molecule has 2 amide bonds. The standard InChI is InChI=1S/C13H19N3O3S.ClH/c1-19-9-10(14)12(17)15-4-6-16(7-5-15)13(18)11-3-2-8-20-11;/h2-3,8,10H,4-7,9,14H2,1H3;1H.